The van der Waals surface area contributed by atoms with Gasteiger partial charge in [-0.3, -0.25) is 0 Å². The molecule has 0 unspecified atom stereocenters. The molecule has 3 heteroatoms. The summed E-state index contributed by atoms with van der Waals surface area (Å²) in [7, 11) is 0. The summed E-state index contributed by atoms with van der Waals surface area (Å²) in [6.07, 6.45) is 1.03. The lowest BCUT2D eigenvalue weighted by atomic mass is 9.86. The van der Waals surface area contributed by atoms with E-state index >= 15 is 0 Å². The summed E-state index contributed by atoms with van der Waals surface area (Å²) >= 11 is 0. The van der Waals surface area contributed by atoms with Crippen LogP contribution in [0.5, 0.6) is 0 Å². The Morgan fingerprint density at radius 2 is 2.00 bits per heavy atom. The Morgan fingerprint density at radius 3 is 2.62 bits per heavy atom. The summed E-state index contributed by atoms with van der Waals surface area (Å²) in [6, 6.07) is 5.19. The van der Waals surface area contributed by atoms with E-state index in [-0.39, 0.29) is 16.9 Å². The van der Waals surface area contributed by atoms with E-state index in [4.69, 9.17) is 5.73 Å². The zero-order valence-corrected chi connectivity index (χ0v) is 9.89. The number of fused-ring (bicyclic) bond motifs is 1. The SMILES string of the molecule is CCC(C)(C)c1cc2cc(N)c(F)cc2[nH]1. The minimum Gasteiger partial charge on any atom is -0.396 e. The molecule has 86 valence electrons. The van der Waals surface area contributed by atoms with Gasteiger partial charge in [-0.05, 0) is 18.6 Å². The molecular formula is C13H17FN2. The molecule has 0 amide bonds. The van der Waals surface area contributed by atoms with Crippen molar-refractivity contribution in [3.63, 3.8) is 0 Å². The van der Waals surface area contributed by atoms with E-state index in [0.29, 0.717) is 0 Å². The molecule has 2 rings (SSSR count). The van der Waals surface area contributed by atoms with Gasteiger partial charge in [0.25, 0.3) is 0 Å². The van der Waals surface area contributed by atoms with Crippen molar-refractivity contribution in [2.45, 2.75) is 32.6 Å². The summed E-state index contributed by atoms with van der Waals surface area (Å²) in [4.78, 5) is 3.26. The number of hydrogen-bond acceptors (Lipinski definition) is 1. The Bertz CT molecular complexity index is 487. The van der Waals surface area contributed by atoms with Crippen LogP contribution in [-0.4, -0.2) is 4.98 Å². The molecule has 1 heterocycles. The lowest BCUT2D eigenvalue weighted by molar-refractivity contribution is 0.494. The summed E-state index contributed by atoms with van der Waals surface area (Å²) in [5.41, 5.74) is 7.75. The van der Waals surface area contributed by atoms with Crippen LogP contribution in [-0.2, 0) is 5.41 Å². The minimum atomic E-state index is -0.366. The van der Waals surface area contributed by atoms with Crippen LogP contribution in [0.15, 0.2) is 18.2 Å². The van der Waals surface area contributed by atoms with Crippen molar-refractivity contribution in [3.05, 3.63) is 29.7 Å². The molecule has 0 aliphatic carbocycles. The van der Waals surface area contributed by atoms with Gasteiger partial charge in [-0.1, -0.05) is 20.8 Å². The number of nitrogens with one attached hydrogen (secondary N) is 1. The van der Waals surface area contributed by atoms with Gasteiger partial charge in [0.1, 0.15) is 5.82 Å². The highest BCUT2D eigenvalue weighted by molar-refractivity contribution is 5.84. The van der Waals surface area contributed by atoms with Gasteiger partial charge >= 0.3 is 0 Å². The molecule has 3 N–H and O–H groups in total. The fourth-order valence-electron chi connectivity index (χ4n) is 1.73. The standard InChI is InChI=1S/C13H17FN2/c1-4-13(2,3)12-6-8-5-10(15)9(14)7-11(8)16-12/h5-7,16H,4,15H2,1-3H3. The van der Waals surface area contributed by atoms with E-state index < -0.39 is 0 Å². The van der Waals surface area contributed by atoms with Crippen LogP contribution >= 0.6 is 0 Å². The van der Waals surface area contributed by atoms with E-state index in [9.17, 15) is 4.39 Å². The second-order valence-electron chi connectivity index (χ2n) is 4.88. The van der Waals surface area contributed by atoms with E-state index in [0.717, 1.165) is 23.0 Å². The van der Waals surface area contributed by atoms with Gasteiger partial charge in [-0.2, -0.15) is 0 Å². The first-order valence-corrected chi connectivity index (χ1v) is 5.52. The highest BCUT2D eigenvalue weighted by Gasteiger charge is 2.20. The van der Waals surface area contributed by atoms with Gasteiger partial charge in [0, 0.05) is 28.1 Å². The zero-order chi connectivity index (χ0) is 11.9. The van der Waals surface area contributed by atoms with E-state index in [1.165, 1.54) is 6.07 Å². The number of H-pyrrole nitrogens is 1. The molecule has 0 aliphatic heterocycles. The van der Waals surface area contributed by atoms with E-state index in [1.54, 1.807) is 6.07 Å². The van der Waals surface area contributed by atoms with Crippen LogP contribution in [0.4, 0.5) is 10.1 Å². The van der Waals surface area contributed by atoms with Crippen molar-refractivity contribution in [2.24, 2.45) is 0 Å². The predicted molar refractivity (Wildman–Crippen MR) is 66.0 cm³/mol. The van der Waals surface area contributed by atoms with Crippen LogP contribution in [0.25, 0.3) is 10.9 Å². The van der Waals surface area contributed by atoms with Crippen molar-refractivity contribution in [1.82, 2.24) is 4.98 Å². The summed E-state index contributed by atoms with van der Waals surface area (Å²) in [5, 5.41) is 0.968. The molecule has 0 bridgehead atoms. The van der Waals surface area contributed by atoms with E-state index in [2.05, 4.69) is 31.8 Å². The highest BCUT2D eigenvalue weighted by Crippen LogP contribution is 2.30. The molecule has 0 fully saturated rings. The Labute approximate surface area is 94.7 Å². The smallest absolute Gasteiger partial charge is 0.148 e. The highest BCUT2D eigenvalue weighted by atomic mass is 19.1. The maximum Gasteiger partial charge on any atom is 0.148 e. The van der Waals surface area contributed by atoms with Crippen LogP contribution in [0.2, 0.25) is 0 Å². The van der Waals surface area contributed by atoms with Gasteiger partial charge in [-0.15, -0.1) is 0 Å². The minimum absolute atomic E-state index is 0.0737. The van der Waals surface area contributed by atoms with Crippen molar-refractivity contribution in [1.29, 1.82) is 0 Å². The van der Waals surface area contributed by atoms with Crippen molar-refractivity contribution in [2.75, 3.05) is 5.73 Å². The number of aromatic amines is 1. The van der Waals surface area contributed by atoms with Crippen LogP contribution in [0, 0.1) is 5.82 Å². The molecule has 0 saturated carbocycles. The number of halogens is 1. The number of nitrogen functional groups attached to an aromatic ring is 1. The van der Waals surface area contributed by atoms with Crippen LogP contribution < -0.4 is 5.73 Å². The zero-order valence-electron chi connectivity index (χ0n) is 9.89. The topological polar surface area (TPSA) is 41.8 Å². The van der Waals surface area contributed by atoms with Gasteiger partial charge in [0.05, 0.1) is 5.69 Å². The number of hydrogen-bond donors (Lipinski definition) is 2. The molecule has 0 atom stereocenters. The lowest BCUT2D eigenvalue weighted by Crippen LogP contribution is -2.15. The molecule has 1 aromatic heterocycles. The third-order valence-electron chi connectivity index (χ3n) is 3.35. The second kappa shape index (κ2) is 3.51. The average molecular weight is 220 g/mol. The fraction of sp³-hybridized carbons (Fsp3) is 0.385. The molecule has 0 radical (unpaired) electrons. The lowest BCUT2D eigenvalue weighted by Gasteiger charge is -2.20. The Balaban J connectivity index is 2.61. The van der Waals surface area contributed by atoms with Gasteiger partial charge in [-0.25, -0.2) is 4.39 Å². The molecule has 1 aromatic carbocycles. The Hall–Kier alpha value is -1.51. The molecule has 2 nitrogen and oxygen atoms in total. The van der Waals surface area contributed by atoms with Gasteiger partial charge < -0.3 is 10.7 Å². The number of aromatic nitrogens is 1. The van der Waals surface area contributed by atoms with Gasteiger partial charge in [0.15, 0.2) is 0 Å². The van der Waals surface area contributed by atoms with Crippen molar-refractivity contribution in [3.8, 4) is 0 Å². The number of nitrogens with two attached hydrogens (primary N) is 1. The maximum absolute atomic E-state index is 13.3. The largest absolute Gasteiger partial charge is 0.396 e. The first-order chi connectivity index (χ1) is 7.44. The summed E-state index contributed by atoms with van der Waals surface area (Å²) in [5.74, 6) is -0.366. The third-order valence-corrected chi connectivity index (χ3v) is 3.35. The molecule has 0 spiro atoms. The normalized spacial score (nSPS) is 12.2. The third kappa shape index (κ3) is 1.66. The number of benzene rings is 1. The molecule has 0 aliphatic rings. The number of rotatable bonds is 2. The predicted octanol–water partition coefficient (Wildman–Crippen LogP) is 3.58. The maximum atomic E-state index is 13.3. The Morgan fingerprint density at radius 1 is 1.31 bits per heavy atom. The number of anilines is 1. The van der Waals surface area contributed by atoms with Crippen LogP contribution in [0.3, 0.4) is 0 Å². The van der Waals surface area contributed by atoms with Crippen molar-refractivity contribution < 1.29 is 4.39 Å². The molecule has 16 heavy (non-hydrogen) atoms. The summed E-state index contributed by atoms with van der Waals surface area (Å²) < 4.78 is 13.3. The monoisotopic (exact) mass is 220 g/mol. The van der Waals surface area contributed by atoms with E-state index in [1.807, 2.05) is 0 Å². The first-order valence-electron chi connectivity index (χ1n) is 5.52. The average Bonchev–Trinajstić information content (AvgIpc) is 2.62. The summed E-state index contributed by atoms with van der Waals surface area (Å²) in [6.45, 7) is 6.47. The Kier molecular flexibility index (Phi) is 2.41. The second-order valence-corrected chi connectivity index (χ2v) is 4.88. The molecule has 2 aromatic rings. The first kappa shape index (κ1) is 11.0. The molecular weight excluding hydrogens is 203 g/mol. The fourth-order valence-corrected chi connectivity index (χ4v) is 1.73. The van der Waals surface area contributed by atoms with Crippen molar-refractivity contribution >= 4 is 16.6 Å². The van der Waals surface area contributed by atoms with Crippen LogP contribution in [0.1, 0.15) is 32.9 Å². The quantitative estimate of drug-likeness (QED) is 0.746. The molecule has 0 saturated heterocycles. The van der Waals surface area contributed by atoms with Gasteiger partial charge in [0.2, 0.25) is 0 Å².